The third-order valence-corrected chi connectivity index (χ3v) is 15.5. The van der Waals surface area contributed by atoms with Gasteiger partial charge in [-0.25, -0.2) is 17.8 Å². The number of carbonyl (C=O) groups is 4. The highest BCUT2D eigenvalue weighted by Crippen LogP contribution is 2.31. The summed E-state index contributed by atoms with van der Waals surface area (Å²) in [5, 5.41) is 22.0. The summed E-state index contributed by atoms with van der Waals surface area (Å²) in [4.78, 5) is 72.6. The lowest BCUT2D eigenvalue weighted by Crippen LogP contribution is -2.58. The van der Waals surface area contributed by atoms with E-state index in [1.807, 2.05) is 60.7 Å². The lowest BCUT2D eigenvalue weighted by Gasteiger charge is -2.35. The number of aliphatic hydroxyl groups excluding tert-OH is 1. The van der Waals surface area contributed by atoms with Crippen molar-refractivity contribution in [3.63, 3.8) is 0 Å². The molecule has 2 aromatic heterocycles. The number of hydrogen-bond donors (Lipinski definition) is 6. The Morgan fingerprint density at radius 1 is 0.908 bits per heavy atom. The first-order valence-electron chi connectivity index (χ1n) is 24.7. The van der Waals surface area contributed by atoms with E-state index in [2.05, 4.69) is 31.0 Å². The van der Waals surface area contributed by atoms with Gasteiger partial charge in [-0.3, -0.25) is 33.3 Å². The molecule has 6 rings (SSSR count). The number of ether oxygens (including phenoxy) is 3. The van der Waals surface area contributed by atoms with Gasteiger partial charge in [-0.05, 0) is 108 Å². The van der Waals surface area contributed by atoms with E-state index in [-0.39, 0.29) is 111 Å². The first-order valence-corrected chi connectivity index (χ1v) is 28.1. The number of thiazole rings is 1. The molecule has 5 aromatic rings. The maximum Gasteiger partial charge on any atom is 0.262 e. The summed E-state index contributed by atoms with van der Waals surface area (Å²) >= 11 is 3.53. The SMILES string of the molecule is Cc1ncsc1-c1ccc(C(C)NC(=O)C2CC(O)CN2C(=O)C(NC(=O)COCCOCCOCCNC(=O)CCc2ccc(S(=O)(=O)Nc3cc(C)c(=O)n(C)c3Nc3ccc(I)cc3F)cc2)C(C)(C)C)cc1. The zero-order chi connectivity index (χ0) is 55.3. The maximum absolute atomic E-state index is 14.7. The van der Waals surface area contributed by atoms with E-state index in [1.54, 1.807) is 62.7 Å². The van der Waals surface area contributed by atoms with E-state index in [0.29, 0.717) is 9.99 Å². The van der Waals surface area contributed by atoms with Gasteiger partial charge in [0.05, 0.1) is 77.5 Å². The van der Waals surface area contributed by atoms with Crippen molar-refractivity contribution in [3.8, 4) is 10.4 Å². The number of nitrogens with one attached hydrogen (secondary N) is 5. The minimum absolute atomic E-state index is 0.0510. The second-order valence-electron chi connectivity index (χ2n) is 19.5. The summed E-state index contributed by atoms with van der Waals surface area (Å²) in [5.41, 5.74) is 4.64. The summed E-state index contributed by atoms with van der Waals surface area (Å²) < 4.78 is 62.6. The molecule has 6 N–H and O–H groups in total. The number of pyridine rings is 1. The second kappa shape index (κ2) is 27.0. The minimum Gasteiger partial charge on any atom is -0.391 e. The molecule has 4 atom stereocenters. The topological polar surface area (TPSA) is 249 Å². The number of aryl methyl sites for hydroxylation is 3. The Labute approximate surface area is 459 Å². The molecule has 76 heavy (non-hydrogen) atoms. The molecule has 0 aliphatic carbocycles. The molecule has 0 radical (unpaired) electrons. The number of aliphatic hydroxyl groups is 1. The van der Waals surface area contributed by atoms with Crippen molar-refractivity contribution < 1.29 is 51.3 Å². The number of sulfonamides is 1. The molecular formula is C53H66FIN8O11S2. The number of benzene rings is 3. The van der Waals surface area contributed by atoms with Crippen molar-refractivity contribution in [2.45, 2.75) is 89.9 Å². The van der Waals surface area contributed by atoms with Crippen LogP contribution in [0.1, 0.15) is 69.0 Å². The zero-order valence-corrected chi connectivity index (χ0v) is 47.3. The number of likely N-dealkylation sites (tertiary alicyclic amines) is 1. The van der Waals surface area contributed by atoms with Crippen LogP contribution in [0.4, 0.5) is 21.6 Å². The van der Waals surface area contributed by atoms with Crippen LogP contribution >= 0.6 is 33.9 Å². The molecule has 1 fully saturated rings. The smallest absolute Gasteiger partial charge is 0.262 e. The molecule has 4 amide bonds. The average molecular weight is 1200 g/mol. The van der Waals surface area contributed by atoms with Crippen molar-refractivity contribution in [1.29, 1.82) is 0 Å². The molecule has 3 aromatic carbocycles. The summed E-state index contributed by atoms with van der Waals surface area (Å²) in [6, 6.07) is 17.4. The van der Waals surface area contributed by atoms with Gasteiger partial charge in [0.25, 0.3) is 15.6 Å². The van der Waals surface area contributed by atoms with Crippen LogP contribution in [-0.4, -0.2) is 123 Å². The van der Waals surface area contributed by atoms with Crippen LogP contribution in [0.3, 0.4) is 0 Å². The van der Waals surface area contributed by atoms with Gasteiger partial charge >= 0.3 is 0 Å². The Bertz CT molecular complexity index is 3010. The van der Waals surface area contributed by atoms with Gasteiger partial charge in [0.2, 0.25) is 23.6 Å². The Morgan fingerprint density at radius 3 is 2.22 bits per heavy atom. The largest absolute Gasteiger partial charge is 0.391 e. The van der Waals surface area contributed by atoms with E-state index in [0.717, 1.165) is 27.3 Å². The number of β-amino-alcohol motifs (C(OH)–C–C–N with tert-alkyl or cyclic N) is 1. The molecule has 0 bridgehead atoms. The fraction of sp³-hybridized carbons (Fsp3) is 0.434. The minimum atomic E-state index is -4.15. The van der Waals surface area contributed by atoms with E-state index < -0.39 is 57.2 Å². The van der Waals surface area contributed by atoms with Crippen molar-refractivity contribution in [1.82, 2.24) is 30.4 Å². The lowest BCUT2D eigenvalue weighted by molar-refractivity contribution is -0.144. The summed E-state index contributed by atoms with van der Waals surface area (Å²) in [6.07, 6.45) is -0.353. The zero-order valence-electron chi connectivity index (χ0n) is 43.5. The van der Waals surface area contributed by atoms with E-state index in [4.69, 9.17) is 14.2 Å². The Hall–Kier alpha value is -5.83. The van der Waals surface area contributed by atoms with Crippen LogP contribution in [0.15, 0.2) is 88.0 Å². The molecule has 1 aliphatic heterocycles. The normalized spacial score (nSPS) is 15.5. The van der Waals surface area contributed by atoms with Gasteiger partial charge in [-0.1, -0.05) is 57.2 Å². The molecule has 23 heteroatoms. The Morgan fingerprint density at radius 2 is 1.58 bits per heavy atom. The number of halogens is 2. The van der Waals surface area contributed by atoms with Crippen LogP contribution in [0, 0.1) is 28.6 Å². The maximum atomic E-state index is 14.7. The van der Waals surface area contributed by atoms with E-state index >= 15 is 0 Å². The highest BCUT2D eigenvalue weighted by Gasteiger charge is 2.44. The molecule has 4 unspecified atom stereocenters. The monoisotopic (exact) mass is 1200 g/mol. The highest BCUT2D eigenvalue weighted by molar-refractivity contribution is 14.1. The number of nitrogens with zero attached hydrogens (tertiary/aromatic N) is 3. The standard InChI is InChI=1S/C53H66FIN8O11S2/c1-32-26-43(49(62(7)51(32)68)59-42-18-15-38(55)27-41(42)54)61-76(70,71)40-16-8-35(9-17-40)10-19-45(65)56-20-21-72-22-23-73-24-25-74-30-46(66)60-48(53(4,5)6)52(69)63-29-39(64)28-44(63)50(67)58-33(2)36-11-13-37(14-12-36)47-34(3)57-31-75-47/h8-9,11-18,26-27,31,33,39,44,48,59,61,64H,10,19-25,28-30H2,1-7H3,(H,56,65)(H,58,67)(H,60,66). The summed E-state index contributed by atoms with van der Waals surface area (Å²) in [7, 11) is -2.69. The second-order valence-corrected chi connectivity index (χ2v) is 23.2. The fourth-order valence-electron chi connectivity index (χ4n) is 8.31. The quantitative estimate of drug-likeness (QED) is 0.0296. The third-order valence-electron chi connectivity index (χ3n) is 12.5. The first kappa shape index (κ1) is 59.4. The average Bonchev–Trinajstić information content (AvgIpc) is 4.00. The number of aromatic nitrogens is 2. The molecule has 0 saturated carbocycles. The van der Waals surface area contributed by atoms with Crippen LogP contribution < -0.4 is 31.5 Å². The van der Waals surface area contributed by atoms with Crippen LogP contribution in [-0.2, 0) is 56.9 Å². The summed E-state index contributed by atoms with van der Waals surface area (Å²) in [5.74, 6) is -2.15. The summed E-state index contributed by atoms with van der Waals surface area (Å²) in [6.45, 7) is 11.6. The van der Waals surface area contributed by atoms with Crippen LogP contribution in [0.25, 0.3) is 10.4 Å². The van der Waals surface area contributed by atoms with Crippen molar-refractivity contribution in [3.05, 3.63) is 120 Å². The molecule has 3 heterocycles. The molecule has 19 nitrogen and oxygen atoms in total. The van der Waals surface area contributed by atoms with Gasteiger partial charge < -0.3 is 45.5 Å². The number of hydrogen-bond acceptors (Lipinski definition) is 14. The number of amides is 4. The third kappa shape index (κ3) is 16.3. The van der Waals surface area contributed by atoms with E-state index in [9.17, 15) is 41.9 Å². The molecule has 0 spiro atoms. The fourth-order valence-corrected chi connectivity index (χ4v) is 10.6. The number of carbonyl (C=O) groups excluding carboxylic acids is 4. The number of rotatable bonds is 25. The van der Waals surface area contributed by atoms with Crippen molar-refractivity contribution in [2.24, 2.45) is 12.5 Å². The van der Waals surface area contributed by atoms with Gasteiger partial charge in [0, 0.05) is 42.1 Å². The predicted octanol–water partition coefficient (Wildman–Crippen LogP) is 5.88. The van der Waals surface area contributed by atoms with Gasteiger partial charge in [-0.15, -0.1) is 11.3 Å². The van der Waals surface area contributed by atoms with Crippen molar-refractivity contribution >= 4 is 84.8 Å². The van der Waals surface area contributed by atoms with E-state index in [1.165, 1.54) is 46.8 Å². The molecular weight excluding hydrogens is 1130 g/mol. The Balaban J connectivity index is 0.841. The van der Waals surface area contributed by atoms with Crippen molar-refractivity contribution in [2.75, 3.05) is 62.8 Å². The first-order chi connectivity index (χ1) is 36.0. The molecule has 410 valence electrons. The van der Waals surface area contributed by atoms with Crippen LogP contribution in [0.2, 0.25) is 0 Å². The molecule has 1 aliphatic rings. The lowest BCUT2D eigenvalue weighted by atomic mass is 9.85. The van der Waals surface area contributed by atoms with Crippen LogP contribution in [0.5, 0.6) is 0 Å². The van der Waals surface area contributed by atoms with Gasteiger partial charge in [-0.2, -0.15) is 0 Å². The number of anilines is 3. The van der Waals surface area contributed by atoms with Gasteiger partial charge in [0.15, 0.2) is 0 Å². The predicted molar refractivity (Wildman–Crippen MR) is 296 cm³/mol. The molecule has 1 saturated heterocycles. The van der Waals surface area contributed by atoms with Gasteiger partial charge in [0.1, 0.15) is 30.3 Å². The Kier molecular flexibility index (Phi) is 21.1. The highest BCUT2D eigenvalue weighted by atomic mass is 127.